The van der Waals surface area contributed by atoms with Gasteiger partial charge in [-0.3, -0.25) is 0 Å². The molecule has 0 amide bonds. The first-order chi connectivity index (χ1) is 8.06. The maximum atomic E-state index is 5.98. The van der Waals surface area contributed by atoms with Crippen LogP contribution in [0.4, 0.5) is 0 Å². The van der Waals surface area contributed by atoms with Gasteiger partial charge in [0, 0.05) is 5.02 Å². The molecule has 0 saturated heterocycles. The van der Waals surface area contributed by atoms with Crippen LogP contribution in [0.2, 0.25) is 5.02 Å². The van der Waals surface area contributed by atoms with Gasteiger partial charge in [-0.25, -0.2) is 0 Å². The Kier molecular flexibility index (Phi) is 3.39. The largest absolute Gasteiger partial charge is 0.457 e. The van der Waals surface area contributed by atoms with Gasteiger partial charge < -0.3 is 4.74 Å². The summed E-state index contributed by atoms with van der Waals surface area (Å²) in [5.41, 5.74) is 3.40. The molecular weight excluding hydrogens is 232 g/mol. The predicted molar refractivity (Wildman–Crippen MR) is 72.2 cm³/mol. The first-order valence-corrected chi connectivity index (χ1v) is 5.95. The highest BCUT2D eigenvalue weighted by atomic mass is 35.5. The van der Waals surface area contributed by atoms with E-state index in [1.807, 2.05) is 44.2 Å². The molecule has 0 unspecified atom stereocenters. The molecular formula is C15H15ClO. The Bertz CT molecular complexity index is 547. The fourth-order valence-corrected chi connectivity index (χ4v) is 1.84. The molecule has 0 N–H and O–H groups in total. The lowest BCUT2D eigenvalue weighted by Crippen LogP contribution is -1.89. The van der Waals surface area contributed by atoms with E-state index in [1.54, 1.807) is 0 Å². The summed E-state index contributed by atoms with van der Waals surface area (Å²) in [6.45, 7) is 6.09. The number of halogens is 1. The molecule has 0 aromatic heterocycles. The van der Waals surface area contributed by atoms with Gasteiger partial charge in [0.05, 0.1) is 0 Å². The minimum Gasteiger partial charge on any atom is -0.457 e. The van der Waals surface area contributed by atoms with Crippen molar-refractivity contribution in [3.8, 4) is 11.5 Å². The number of hydrogen-bond donors (Lipinski definition) is 0. The van der Waals surface area contributed by atoms with Crippen LogP contribution >= 0.6 is 11.6 Å². The molecule has 0 aliphatic rings. The first-order valence-electron chi connectivity index (χ1n) is 5.57. The summed E-state index contributed by atoms with van der Waals surface area (Å²) in [5, 5.41) is 0.762. The fraction of sp³-hybridized carbons (Fsp3) is 0.200. The average Bonchev–Trinajstić information content (AvgIpc) is 2.27. The molecule has 88 valence electrons. The second-order valence-corrected chi connectivity index (χ2v) is 4.69. The summed E-state index contributed by atoms with van der Waals surface area (Å²) in [7, 11) is 0. The normalized spacial score (nSPS) is 10.4. The summed E-state index contributed by atoms with van der Waals surface area (Å²) >= 11 is 5.98. The molecule has 0 aliphatic heterocycles. The SMILES string of the molecule is Cc1ccc(Oc2ccc(Cl)c(C)c2)c(C)c1. The quantitative estimate of drug-likeness (QED) is 0.720. The molecule has 2 rings (SSSR count). The second-order valence-electron chi connectivity index (χ2n) is 4.28. The molecule has 0 fully saturated rings. The predicted octanol–water partition coefficient (Wildman–Crippen LogP) is 5.06. The van der Waals surface area contributed by atoms with Crippen LogP contribution in [0.15, 0.2) is 36.4 Å². The van der Waals surface area contributed by atoms with Gasteiger partial charge in [0.25, 0.3) is 0 Å². The van der Waals surface area contributed by atoms with Gasteiger partial charge in [0.1, 0.15) is 11.5 Å². The van der Waals surface area contributed by atoms with Gasteiger partial charge in [-0.05, 0) is 56.2 Å². The molecule has 0 aliphatic carbocycles. The van der Waals surface area contributed by atoms with Crippen LogP contribution < -0.4 is 4.74 Å². The van der Waals surface area contributed by atoms with Gasteiger partial charge in [0.2, 0.25) is 0 Å². The highest BCUT2D eigenvalue weighted by Gasteiger charge is 2.03. The number of hydrogen-bond acceptors (Lipinski definition) is 1. The second kappa shape index (κ2) is 4.80. The molecule has 2 aromatic carbocycles. The van der Waals surface area contributed by atoms with Crippen molar-refractivity contribution in [1.29, 1.82) is 0 Å². The van der Waals surface area contributed by atoms with Gasteiger partial charge >= 0.3 is 0 Å². The fourth-order valence-electron chi connectivity index (χ4n) is 1.72. The summed E-state index contributed by atoms with van der Waals surface area (Å²) in [5.74, 6) is 1.70. The highest BCUT2D eigenvalue weighted by molar-refractivity contribution is 6.31. The zero-order valence-corrected chi connectivity index (χ0v) is 11.0. The van der Waals surface area contributed by atoms with Crippen molar-refractivity contribution in [3.63, 3.8) is 0 Å². The van der Waals surface area contributed by atoms with Crippen molar-refractivity contribution < 1.29 is 4.74 Å². The summed E-state index contributed by atoms with van der Waals surface area (Å²) in [6.07, 6.45) is 0. The molecule has 17 heavy (non-hydrogen) atoms. The first kappa shape index (κ1) is 12.0. The van der Waals surface area contributed by atoms with Gasteiger partial charge in [-0.2, -0.15) is 0 Å². The number of ether oxygens (including phenoxy) is 1. The van der Waals surface area contributed by atoms with Crippen LogP contribution in [0.1, 0.15) is 16.7 Å². The van der Waals surface area contributed by atoms with E-state index in [-0.39, 0.29) is 0 Å². The topological polar surface area (TPSA) is 9.23 Å². The molecule has 1 nitrogen and oxygen atoms in total. The third-order valence-corrected chi connectivity index (χ3v) is 3.11. The van der Waals surface area contributed by atoms with E-state index in [0.717, 1.165) is 27.6 Å². The monoisotopic (exact) mass is 246 g/mol. The Morgan fingerprint density at radius 3 is 2.29 bits per heavy atom. The molecule has 0 spiro atoms. The third-order valence-electron chi connectivity index (χ3n) is 2.69. The maximum Gasteiger partial charge on any atom is 0.130 e. The Morgan fingerprint density at radius 2 is 1.65 bits per heavy atom. The van der Waals surface area contributed by atoms with Crippen LogP contribution in [0, 0.1) is 20.8 Å². The Morgan fingerprint density at radius 1 is 0.882 bits per heavy atom. The van der Waals surface area contributed by atoms with Gasteiger partial charge in [-0.1, -0.05) is 29.3 Å². The lowest BCUT2D eigenvalue weighted by Gasteiger charge is -2.10. The van der Waals surface area contributed by atoms with Crippen molar-refractivity contribution in [3.05, 3.63) is 58.1 Å². The van der Waals surface area contributed by atoms with Gasteiger partial charge in [0.15, 0.2) is 0 Å². The number of aryl methyl sites for hydroxylation is 3. The Balaban J connectivity index is 2.28. The molecule has 0 bridgehead atoms. The summed E-state index contributed by atoms with van der Waals surface area (Å²) in [4.78, 5) is 0. The van der Waals surface area contributed by atoms with E-state index < -0.39 is 0 Å². The number of benzene rings is 2. The standard InChI is InChI=1S/C15H15ClO/c1-10-4-7-15(12(3)8-10)17-13-5-6-14(16)11(2)9-13/h4-9H,1-3H3. The van der Waals surface area contributed by atoms with E-state index in [9.17, 15) is 0 Å². The summed E-state index contributed by atoms with van der Waals surface area (Å²) < 4.78 is 5.84. The molecule has 2 aromatic rings. The van der Waals surface area contributed by atoms with Crippen molar-refractivity contribution in [1.82, 2.24) is 0 Å². The smallest absolute Gasteiger partial charge is 0.130 e. The average molecular weight is 247 g/mol. The van der Waals surface area contributed by atoms with Crippen molar-refractivity contribution >= 4 is 11.6 Å². The lowest BCUT2D eigenvalue weighted by molar-refractivity contribution is 0.478. The van der Waals surface area contributed by atoms with E-state index in [4.69, 9.17) is 16.3 Å². The van der Waals surface area contributed by atoms with E-state index >= 15 is 0 Å². The van der Waals surface area contributed by atoms with E-state index in [2.05, 4.69) is 13.0 Å². The van der Waals surface area contributed by atoms with Crippen LogP contribution in [-0.2, 0) is 0 Å². The Hall–Kier alpha value is -1.47. The van der Waals surface area contributed by atoms with Crippen LogP contribution in [-0.4, -0.2) is 0 Å². The third kappa shape index (κ3) is 2.80. The van der Waals surface area contributed by atoms with E-state index in [0.29, 0.717) is 0 Å². The maximum absolute atomic E-state index is 5.98. The highest BCUT2D eigenvalue weighted by Crippen LogP contribution is 2.28. The molecule has 0 heterocycles. The van der Waals surface area contributed by atoms with Crippen LogP contribution in [0.5, 0.6) is 11.5 Å². The van der Waals surface area contributed by atoms with E-state index in [1.165, 1.54) is 5.56 Å². The van der Waals surface area contributed by atoms with Crippen molar-refractivity contribution in [2.45, 2.75) is 20.8 Å². The van der Waals surface area contributed by atoms with Crippen LogP contribution in [0.3, 0.4) is 0 Å². The minimum absolute atomic E-state index is 0.762. The summed E-state index contributed by atoms with van der Waals surface area (Å²) in [6, 6.07) is 11.8. The van der Waals surface area contributed by atoms with Crippen LogP contribution in [0.25, 0.3) is 0 Å². The molecule has 0 radical (unpaired) electrons. The zero-order chi connectivity index (χ0) is 12.4. The Labute approximate surface area is 107 Å². The number of rotatable bonds is 2. The van der Waals surface area contributed by atoms with Crippen molar-refractivity contribution in [2.24, 2.45) is 0 Å². The molecule has 2 heteroatoms. The molecule has 0 saturated carbocycles. The molecule has 0 atom stereocenters. The van der Waals surface area contributed by atoms with Crippen molar-refractivity contribution in [2.75, 3.05) is 0 Å². The lowest BCUT2D eigenvalue weighted by atomic mass is 10.1. The zero-order valence-electron chi connectivity index (χ0n) is 10.3. The minimum atomic E-state index is 0.762. The van der Waals surface area contributed by atoms with Gasteiger partial charge in [-0.15, -0.1) is 0 Å².